The van der Waals surface area contributed by atoms with Crippen LogP contribution in [0.1, 0.15) is 356 Å². The first kappa shape index (κ1) is 86.1. The minimum Gasteiger partial charge on any atom is -0.462 e. The van der Waals surface area contributed by atoms with E-state index in [1.807, 2.05) is 0 Å². The monoisotopic (exact) mass is 1300 g/mol. The summed E-state index contributed by atoms with van der Waals surface area (Å²) in [6, 6.07) is 0. The van der Waals surface area contributed by atoms with Crippen molar-refractivity contribution in [1.82, 2.24) is 0 Å². The van der Waals surface area contributed by atoms with Crippen LogP contribution in [0.2, 0.25) is 0 Å². The fourth-order valence-corrected chi connectivity index (χ4v) is 12.0. The zero-order chi connectivity index (χ0) is 64.9. The minimum absolute atomic E-state index is 0.104. The van der Waals surface area contributed by atoms with E-state index in [4.69, 9.17) is 37.0 Å². The number of unbranched alkanes of at least 4 members (excludes halogenated alkanes) is 40. The van der Waals surface area contributed by atoms with Gasteiger partial charge in [-0.1, -0.05) is 304 Å². The van der Waals surface area contributed by atoms with Gasteiger partial charge < -0.3 is 33.8 Å². The summed E-state index contributed by atoms with van der Waals surface area (Å²) in [6.07, 6.45) is 49.0. The van der Waals surface area contributed by atoms with E-state index in [0.29, 0.717) is 25.7 Å². The van der Waals surface area contributed by atoms with Gasteiger partial charge in [0.05, 0.1) is 26.4 Å². The number of hydrogen-bond acceptors (Lipinski definition) is 15. The second kappa shape index (κ2) is 62.5. The van der Waals surface area contributed by atoms with E-state index in [1.165, 1.54) is 167 Å². The van der Waals surface area contributed by atoms with Crippen molar-refractivity contribution >= 4 is 39.5 Å². The van der Waals surface area contributed by atoms with Gasteiger partial charge in [-0.25, -0.2) is 9.13 Å². The van der Waals surface area contributed by atoms with Crippen LogP contribution in [0.5, 0.6) is 0 Å². The van der Waals surface area contributed by atoms with Crippen LogP contribution in [0.3, 0.4) is 0 Å². The predicted octanol–water partition coefficient (Wildman–Crippen LogP) is 19.7. The zero-order valence-electron chi connectivity index (χ0n) is 56.9. The third-order valence-corrected chi connectivity index (χ3v) is 18.3. The Labute approximate surface area is 537 Å². The van der Waals surface area contributed by atoms with Crippen molar-refractivity contribution in [3.05, 3.63) is 0 Å². The molecule has 6 atom stereocenters. The molecular weight excluding hydrogens is 1160 g/mol. The smallest absolute Gasteiger partial charge is 0.462 e. The molecule has 0 aliphatic rings. The first-order valence-corrected chi connectivity index (χ1v) is 39.2. The number of esters is 4. The summed E-state index contributed by atoms with van der Waals surface area (Å²) in [5, 5.41) is 10.5. The molecule has 0 aromatic heterocycles. The van der Waals surface area contributed by atoms with E-state index in [2.05, 4.69) is 34.6 Å². The molecule has 88 heavy (non-hydrogen) atoms. The molecule has 19 heteroatoms. The highest BCUT2D eigenvalue weighted by atomic mass is 31.2. The van der Waals surface area contributed by atoms with Gasteiger partial charge in [-0.15, -0.1) is 0 Å². The number of phosphoric ester groups is 2. The lowest BCUT2D eigenvalue weighted by atomic mass is 9.99. The third kappa shape index (κ3) is 61.6. The van der Waals surface area contributed by atoms with Gasteiger partial charge in [-0.3, -0.25) is 37.3 Å². The average molecular weight is 1300 g/mol. The van der Waals surface area contributed by atoms with Crippen LogP contribution in [0, 0.1) is 5.92 Å². The molecule has 0 spiro atoms. The molecule has 0 amide bonds. The largest absolute Gasteiger partial charge is 0.472 e. The Morgan fingerprint density at radius 1 is 0.318 bits per heavy atom. The number of ether oxygens (including phenoxy) is 4. The lowest BCUT2D eigenvalue weighted by molar-refractivity contribution is -0.161. The van der Waals surface area contributed by atoms with Crippen LogP contribution >= 0.6 is 15.6 Å². The van der Waals surface area contributed by atoms with Crippen LogP contribution < -0.4 is 0 Å². The summed E-state index contributed by atoms with van der Waals surface area (Å²) in [4.78, 5) is 72.1. The quantitative estimate of drug-likeness (QED) is 0.0222. The van der Waals surface area contributed by atoms with Crippen molar-refractivity contribution in [2.45, 2.75) is 374 Å². The van der Waals surface area contributed by atoms with E-state index in [-0.39, 0.29) is 25.7 Å². The van der Waals surface area contributed by atoms with Crippen LogP contribution in [0.25, 0.3) is 0 Å². The molecule has 0 rings (SSSR count). The molecule has 522 valence electrons. The molecule has 0 saturated carbocycles. The third-order valence-electron chi connectivity index (χ3n) is 16.4. The van der Waals surface area contributed by atoms with Crippen molar-refractivity contribution in [3.8, 4) is 0 Å². The highest BCUT2D eigenvalue weighted by Crippen LogP contribution is 2.45. The van der Waals surface area contributed by atoms with Crippen molar-refractivity contribution in [2.24, 2.45) is 5.92 Å². The summed E-state index contributed by atoms with van der Waals surface area (Å²) < 4.78 is 67.9. The molecule has 3 unspecified atom stereocenters. The van der Waals surface area contributed by atoms with E-state index < -0.39 is 97.5 Å². The van der Waals surface area contributed by atoms with Crippen molar-refractivity contribution in [2.75, 3.05) is 39.6 Å². The van der Waals surface area contributed by atoms with Gasteiger partial charge in [0.2, 0.25) is 0 Å². The standard InChI is InChI=1S/C69H134O17P2/c1-6-10-13-16-18-20-21-22-23-24-25-29-32-35-39-43-48-53-67(72)80-59-65(86-69(74)55-50-45-40-36-33-30-27-26-28-31-34-37-42-46-51-62(5)9-4)61-84-88(77,78)82-57-63(70)56-81-87(75,76)83-60-64(58-79-66(71)52-47-41-15-12-8-3)85-68(73)54-49-44-38-19-17-14-11-7-2/h62-65,70H,6-61H2,1-5H3,(H,75,76)(H,77,78)/t62?,63-,64+,65+/m0/s1. The molecule has 0 aliphatic heterocycles. The highest BCUT2D eigenvalue weighted by Gasteiger charge is 2.30. The highest BCUT2D eigenvalue weighted by molar-refractivity contribution is 7.47. The maximum absolute atomic E-state index is 13.0. The Bertz CT molecular complexity index is 1710. The molecule has 3 N–H and O–H groups in total. The van der Waals surface area contributed by atoms with Gasteiger partial charge in [-0.2, -0.15) is 0 Å². The molecule has 0 saturated heterocycles. The van der Waals surface area contributed by atoms with E-state index in [1.54, 1.807) is 0 Å². The molecule has 0 aliphatic carbocycles. The maximum Gasteiger partial charge on any atom is 0.472 e. The summed E-state index contributed by atoms with van der Waals surface area (Å²) >= 11 is 0. The number of phosphoric acid groups is 2. The number of carbonyl (C=O) groups is 4. The van der Waals surface area contributed by atoms with Crippen molar-refractivity contribution < 1.29 is 80.2 Å². The van der Waals surface area contributed by atoms with Gasteiger partial charge in [0, 0.05) is 25.7 Å². The van der Waals surface area contributed by atoms with Gasteiger partial charge in [0.15, 0.2) is 12.2 Å². The van der Waals surface area contributed by atoms with Crippen LogP contribution in [0.15, 0.2) is 0 Å². The number of aliphatic hydroxyl groups is 1. The second-order valence-electron chi connectivity index (χ2n) is 25.2. The van der Waals surface area contributed by atoms with Crippen molar-refractivity contribution in [3.63, 3.8) is 0 Å². The molecule has 0 heterocycles. The second-order valence-corrected chi connectivity index (χ2v) is 28.1. The summed E-state index contributed by atoms with van der Waals surface area (Å²) in [5.41, 5.74) is 0. The minimum atomic E-state index is -4.95. The Balaban J connectivity index is 5.12. The number of hydrogen-bond donors (Lipinski definition) is 3. The van der Waals surface area contributed by atoms with Crippen LogP contribution in [-0.4, -0.2) is 96.7 Å². The molecule has 0 bridgehead atoms. The average Bonchev–Trinajstić information content (AvgIpc) is 3.60. The van der Waals surface area contributed by atoms with E-state index >= 15 is 0 Å². The summed E-state index contributed by atoms with van der Waals surface area (Å²) in [6.45, 7) is 7.18. The normalized spacial score (nSPS) is 14.4. The van der Waals surface area contributed by atoms with Crippen molar-refractivity contribution in [1.29, 1.82) is 0 Å². The van der Waals surface area contributed by atoms with Gasteiger partial charge in [-0.05, 0) is 31.6 Å². The van der Waals surface area contributed by atoms with Crippen LogP contribution in [0.4, 0.5) is 0 Å². The number of carbonyl (C=O) groups excluding carboxylic acids is 4. The first-order valence-electron chi connectivity index (χ1n) is 36.2. The summed E-state index contributed by atoms with van der Waals surface area (Å²) in [5.74, 6) is -1.29. The SMILES string of the molecule is CCCCCCCCCCCCCCCCCCCC(=O)OC[C@H](COP(=O)(O)OC[C@@H](O)COP(=O)(O)OC[C@@H](COC(=O)CCCCCCC)OC(=O)CCCCCCCCCC)OC(=O)CCCCCCCCCCCCCCCCC(C)CC. The Morgan fingerprint density at radius 3 is 0.807 bits per heavy atom. The fourth-order valence-electron chi connectivity index (χ4n) is 10.4. The lowest BCUT2D eigenvalue weighted by Crippen LogP contribution is -2.30. The first-order chi connectivity index (χ1) is 42.6. The lowest BCUT2D eigenvalue weighted by Gasteiger charge is -2.21. The van der Waals surface area contributed by atoms with E-state index in [9.17, 15) is 43.2 Å². The molecule has 0 aromatic rings. The summed E-state index contributed by atoms with van der Waals surface area (Å²) in [7, 11) is -9.88. The Hall–Kier alpha value is -1.94. The fraction of sp³-hybridized carbons (Fsp3) is 0.942. The zero-order valence-corrected chi connectivity index (χ0v) is 58.6. The van der Waals surface area contributed by atoms with E-state index in [0.717, 1.165) is 109 Å². The van der Waals surface area contributed by atoms with Gasteiger partial charge in [0.25, 0.3) is 0 Å². The topological polar surface area (TPSA) is 237 Å². The van der Waals surface area contributed by atoms with Crippen LogP contribution in [-0.2, 0) is 65.4 Å². The molecule has 0 aromatic carbocycles. The van der Waals surface area contributed by atoms with Gasteiger partial charge >= 0.3 is 39.5 Å². The molecule has 17 nitrogen and oxygen atoms in total. The molecule has 0 radical (unpaired) electrons. The van der Waals surface area contributed by atoms with Gasteiger partial charge in [0.1, 0.15) is 19.3 Å². The predicted molar refractivity (Wildman–Crippen MR) is 354 cm³/mol. The Morgan fingerprint density at radius 2 is 0.545 bits per heavy atom. The number of rotatable bonds is 69. The number of aliphatic hydroxyl groups excluding tert-OH is 1. The molecule has 0 fully saturated rings. The molecular formula is C69H134O17P2. The maximum atomic E-state index is 13.0. The Kier molecular flexibility index (Phi) is 61.1.